The highest BCUT2D eigenvalue weighted by Crippen LogP contribution is 2.10. The molecule has 0 saturated carbocycles. The first-order chi connectivity index (χ1) is 9.95. The quantitative estimate of drug-likeness (QED) is 0.312. The van der Waals surface area contributed by atoms with Gasteiger partial charge in [-0.1, -0.05) is 0 Å². The van der Waals surface area contributed by atoms with Crippen LogP contribution in [0.1, 0.15) is 41.0 Å². The van der Waals surface area contributed by atoms with Crippen molar-refractivity contribution in [3.8, 4) is 0 Å². The topological polar surface area (TPSA) is 87.6 Å². The lowest BCUT2D eigenvalue weighted by atomic mass is 10.3. The van der Waals surface area contributed by atoms with E-state index >= 15 is 0 Å². The van der Waals surface area contributed by atoms with Gasteiger partial charge >= 0.3 is 0 Å². The predicted octanol–water partition coefficient (Wildman–Crippen LogP) is 1.53. The summed E-state index contributed by atoms with van der Waals surface area (Å²) in [6.45, 7) is 10.9. The van der Waals surface area contributed by atoms with Gasteiger partial charge in [0.2, 0.25) is 0 Å². The summed E-state index contributed by atoms with van der Waals surface area (Å²) in [6, 6.07) is 0.000591. The lowest BCUT2D eigenvalue weighted by molar-refractivity contribution is 0.581. The number of nitrogens with zero attached hydrogens (tertiary/aromatic N) is 1. The van der Waals surface area contributed by atoms with Crippen molar-refractivity contribution in [2.75, 3.05) is 30.9 Å². The highest BCUT2D eigenvalue weighted by molar-refractivity contribution is 14.0. The number of guanidine groups is 1. The minimum absolute atomic E-state index is 0. The molecule has 0 spiro atoms. The van der Waals surface area contributed by atoms with Crippen molar-refractivity contribution < 1.29 is 12.6 Å². The lowest BCUT2D eigenvalue weighted by Gasteiger charge is -2.19. The molecular formula is C14H32IN3O3S2. The molecule has 0 heterocycles. The molecule has 6 nitrogen and oxygen atoms in total. The largest absolute Gasteiger partial charge is 0.357 e. The van der Waals surface area contributed by atoms with Crippen LogP contribution in [0.4, 0.5) is 0 Å². The third-order valence-corrected chi connectivity index (χ3v) is 5.78. The smallest absolute Gasteiger partial charge is 0.191 e. The first-order valence-electron chi connectivity index (χ1n) is 7.56. The van der Waals surface area contributed by atoms with Gasteiger partial charge < -0.3 is 10.6 Å². The minimum Gasteiger partial charge on any atom is -0.357 e. The summed E-state index contributed by atoms with van der Waals surface area (Å²) >= 11 is 0. The highest BCUT2D eigenvalue weighted by Gasteiger charge is 2.18. The van der Waals surface area contributed by atoms with Gasteiger partial charge in [0.1, 0.15) is 9.84 Å². The van der Waals surface area contributed by atoms with Crippen LogP contribution in [-0.4, -0.2) is 60.2 Å². The fourth-order valence-corrected chi connectivity index (χ4v) is 3.21. The van der Waals surface area contributed by atoms with E-state index < -0.39 is 20.6 Å². The zero-order chi connectivity index (χ0) is 17.4. The summed E-state index contributed by atoms with van der Waals surface area (Å²) in [5, 5.41) is 6.29. The molecule has 9 heteroatoms. The van der Waals surface area contributed by atoms with Gasteiger partial charge in [0.05, 0.1) is 12.3 Å². The number of halogens is 1. The Morgan fingerprint density at radius 3 is 2.30 bits per heavy atom. The molecule has 23 heavy (non-hydrogen) atoms. The molecule has 140 valence electrons. The molecule has 2 atom stereocenters. The second-order valence-corrected chi connectivity index (χ2v) is 11.0. The summed E-state index contributed by atoms with van der Waals surface area (Å²) in [5.74, 6) is 1.29. The summed E-state index contributed by atoms with van der Waals surface area (Å²) in [6.07, 6.45) is 1.76. The lowest BCUT2D eigenvalue weighted by Crippen LogP contribution is -2.43. The highest BCUT2D eigenvalue weighted by atomic mass is 127. The third kappa shape index (κ3) is 14.2. The van der Waals surface area contributed by atoms with E-state index in [4.69, 9.17) is 0 Å². The van der Waals surface area contributed by atoms with Crippen molar-refractivity contribution in [2.24, 2.45) is 4.99 Å². The Labute approximate surface area is 161 Å². The molecule has 0 aromatic heterocycles. The van der Waals surface area contributed by atoms with Gasteiger partial charge in [0, 0.05) is 40.1 Å². The first kappa shape index (κ1) is 25.3. The van der Waals surface area contributed by atoms with Crippen molar-refractivity contribution >= 4 is 50.6 Å². The molecule has 2 N–H and O–H groups in total. The normalized spacial score (nSPS) is 15.5. The van der Waals surface area contributed by atoms with E-state index in [0.717, 1.165) is 0 Å². The van der Waals surface area contributed by atoms with E-state index in [0.29, 0.717) is 31.2 Å². The standard InChI is InChI=1S/C14H31N3O3S2.HI/c1-7-15-13(16-9-10-21(18)14(3,4)5)17-12(2)8-11-22(6,19)20;/h12H,7-11H2,1-6H3,(H2,15,16,17);1H. The van der Waals surface area contributed by atoms with Gasteiger partial charge in [-0.2, -0.15) is 0 Å². The van der Waals surface area contributed by atoms with Crippen LogP contribution in [0.2, 0.25) is 0 Å². The molecule has 0 fully saturated rings. The van der Waals surface area contributed by atoms with E-state index in [2.05, 4.69) is 15.6 Å². The van der Waals surface area contributed by atoms with Crippen molar-refractivity contribution in [3.05, 3.63) is 0 Å². The van der Waals surface area contributed by atoms with E-state index in [-0.39, 0.29) is 40.5 Å². The molecule has 0 saturated heterocycles. The average molecular weight is 481 g/mol. The summed E-state index contributed by atoms with van der Waals surface area (Å²) in [7, 11) is -3.88. The van der Waals surface area contributed by atoms with Gasteiger partial charge in [0.25, 0.3) is 0 Å². The fraction of sp³-hybridized carbons (Fsp3) is 0.929. The maximum Gasteiger partial charge on any atom is 0.191 e. The molecule has 0 radical (unpaired) electrons. The number of nitrogens with one attached hydrogen (secondary N) is 2. The zero-order valence-corrected chi connectivity index (χ0v) is 19.0. The number of rotatable bonds is 8. The van der Waals surface area contributed by atoms with Crippen LogP contribution in [0.25, 0.3) is 0 Å². The molecular weight excluding hydrogens is 449 g/mol. The molecule has 0 amide bonds. The molecule has 2 unspecified atom stereocenters. The van der Waals surface area contributed by atoms with E-state index in [1.165, 1.54) is 6.26 Å². The van der Waals surface area contributed by atoms with Crippen molar-refractivity contribution in [3.63, 3.8) is 0 Å². The monoisotopic (exact) mass is 481 g/mol. The van der Waals surface area contributed by atoms with Gasteiger partial charge in [-0.15, -0.1) is 24.0 Å². The Morgan fingerprint density at radius 1 is 1.30 bits per heavy atom. The fourth-order valence-electron chi connectivity index (χ4n) is 1.56. The maximum absolute atomic E-state index is 12.0. The SMILES string of the molecule is CCNC(=NCCS(=O)C(C)(C)C)NC(C)CCS(C)(=O)=O.I. The van der Waals surface area contributed by atoms with E-state index in [9.17, 15) is 12.6 Å². The van der Waals surface area contributed by atoms with Gasteiger partial charge in [0.15, 0.2) is 5.96 Å². The Hall–Kier alpha value is 0.1000. The molecule has 0 bridgehead atoms. The third-order valence-electron chi connectivity index (χ3n) is 2.88. The average Bonchev–Trinajstić information content (AvgIpc) is 2.34. The van der Waals surface area contributed by atoms with E-state index in [1.54, 1.807) is 0 Å². The first-order valence-corrected chi connectivity index (χ1v) is 10.9. The Balaban J connectivity index is 0. The maximum atomic E-state index is 12.0. The summed E-state index contributed by atoms with van der Waals surface area (Å²) < 4.78 is 34.1. The molecule has 0 aromatic rings. The Kier molecular flexibility index (Phi) is 12.8. The van der Waals surface area contributed by atoms with Crippen molar-refractivity contribution in [1.82, 2.24) is 10.6 Å². The van der Waals surface area contributed by atoms with Crippen LogP contribution in [-0.2, 0) is 20.6 Å². The van der Waals surface area contributed by atoms with Crippen LogP contribution >= 0.6 is 24.0 Å². The molecule has 0 aliphatic rings. The van der Waals surface area contributed by atoms with Gasteiger partial charge in [-0.05, 0) is 41.0 Å². The van der Waals surface area contributed by atoms with Crippen LogP contribution in [0.5, 0.6) is 0 Å². The Morgan fingerprint density at radius 2 is 1.87 bits per heavy atom. The summed E-state index contributed by atoms with van der Waals surface area (Å²) in [5.41, 5.74) is 0. The second-order valence-electron chi connectivity index (χ2n) is 6.39. The van der Waals surface area contributed by atoms with Crippen molar-refractivity contribution in [2.45, 2.75) is 51.8 Å². The number of sulfone groups is 1. The summed E-state index contributed by atoms with van der Waals surface area (Å²) in [4.78, 5) is 4.40. The predicted molar refractivity (Wildman–Crippen MR) is 111 cm³/mol. The van der Waals surface area contributed by atoms with Crippen LogP contribution < -0.4 is 10.6 Å². The molecule has 0 rings (SSSR count). The van der Waals surface area contributed by atoms with Crippen LogP contribution in [0, 0.1) is 0 Å². The molecule has 0 aliphatic heterocycles. The second kappa shape index (κ2) is 11.6. The molecule has 0 aromatic carbocycles. The number of hydrogen-bond acceptors (Lipinski definition) is 4. The van der Waals surface area contributed by atoms with Crippen molar-refractivity contribution in [1.29, 1.82) is 0 Å². The Bertz CT molecular complexity index is 488. The minimum atomic E-state index is -2.95. The zero-order valence-electron chi connectivity index (χ0n) is 15.0. The van der Waals surface area contributed by atoms with Crippen LogP contribution in [0.3, 0.4) is 0 Å². The van der Waals surface area contributed by atoms with E-state index in [1.807, 2.05) is 34.6 Å². The van der Waals surface area contributed by atoms with Gasteiger partial charge in [-0.3, -0.25) is 9.20 Å². The van der Waals surface area contributed by atoms with Gasteiger partial charge in [-0.25, -0.2) is 8.42 Å². The number of hydrogen-bond donors (Lipinski definition) is 2. The van der Waals surface area contributed by atoms with Crippen LogP contribution in [0.15, 0.2) is 4.99 Å². The molecule has 0 aliphatic carbocycles. The number of aliphatic imine (C=N–C) groups is 1.